The van der Waals surface area contributed by atoms with Crippen molar-refractivity contribution in [1.82, 2.24) is 4.98 Å². The molecule has 5 aromatic rings. The number of carbonyl (C=O) groups excluding carboxylic acids is 1. The fourth-order valence-electron chi connectivity index (χ4n) is 3.41. The quantitative estimate of drug-likeness (QED) is 0.295. The van der Waals surface area contributed by atoms with Gasteiger partial charge in [-0.3, -0.25) is 4.79 Å². The lowest BCUT2D eigenvalue weighted by Gasteiger charge is -2.05. The number of hydrogen-bond acceptors (Lipinski definition) is 4. The van der Waals surface area contributed by atoms with Gasteiger partial charge in [0.25, 0.3) is 0 Å². The molecule has 0 saturated carbocycles. The van der Waals surface area contributed by atoms with Crippen LogP contribution in [0.2, 0.25) is 5.02 Å². The van der Waals surface area contributed by atoms with E-state index in [1.54, 1.807) is 0 Å². The molecule has 0 aliphatic carbocycles. The number of thioether (sulfide) groups is 1. The maximum absolute atomic E-state index is 12.4. The Kier molecular flexibility index (Phi) is 5.37. The van der Waals surface area contributed by atoms with E-state index in [0.717, 1.165) is 21.2 Å². The molecular weight excluding hydrogens is 428 g/mol. The van der Waals surface area contributed by atoms with Crippen molar-refractivity contribution >= 4 is 56.8 Å². The predicted octanol–water partition coefficient (Wildman–Crippen LogP) is 7.03. The van der Waals surface area contributed by atoms with Gasteiger partial charge in [0.05, 0.1) is 5.75 Å². The Morgan fingerprint density at radius 1 is 0.968 bits per heavy atom. The smallest absolute Gasteiger partial charge is 0.234 e. The largest absolute Gasteiger partial charge is 0.436 e. The molecule has 0 bridgehead atoms. The first-order valence-corrected chi connectivity index (χ1v) is 11.1. The standard InChI is InChI=1S/C25H17ClN2O2S/c26-17-8-11-19(12-9-17)31-15-24(29)27-18-10-13-23-22(14-18)28-25(30-23)21-7-3-5-16-4-1-2-6-20(16)21/h1-14H,15H2,(H,27,29). The van der Waals surface area contributed by atoms with Crippen LogP contribution in [-0.4, -0.2) is 16.6 Å². The van der Waals surface area contributed by atoms with Gasteiger partial charge < -0.3 is 9.73 Å². The van der Waals surface area contributed by atoms with Gasteiger partial charge in [-0.15, -0.1) is 11.8 Å². The van der Waals surface area contributed by atoms with Crippen molar-refractivity contribution in [3.8, 4) is 11.5 Å². The van der Waals surface area contributed by atoms with E-state index in [4.69, 9.17) is 16.0 Å². The second-order valence-corrected chi connectivity index (χ2v) is 8.50. The Labute approximate surface area is 188 Å². The predicted molar refractivity (Wildman–Crippen MR) is 128 cm³/mol. The summed E-state index contributed by atoms with van der Waals surface area (Å²) >= 11 is 7.35. The van der Waals surface area contributed by atoms with Crippen LogP contribution >= 0.6 is 23.4 Å². The van der Waals surface area contributed by atoms with Gasteiger partial charge in [0, 0.05) is 21.2 Å². The molecule has 0 unspecified atom stereocenters. The topological polar surface area (TPSA) is 55.1 Å². The SMILES string of the molecule is O=C(CSc1ccc(Cl)cc1)Nc1ccc2oc(-c3cccc4ccccc34)nc2c1. The van der Waals surface area contributed by atoms with E-state index in [2.05, 4.69) is 28.5 Å². The molecule has 1 amide bonds. The fraction of sp³-hybridized carbons (Fsp3) is 0.0400. The summed E-state index contributed by atoms with van der Waals surface area (Å²) in [5, 5.41) is 5.83. The number of amides is 1. The molecule has 0 radical (unpaired) electrons. The normalized spacial score (nSPS) is 11.1. The molecule has 6 heteroatoms. The van der Waals surface area contributed by atoms with Crippen molar-refractivity contribution in [2.24, 2.45) is 0 Å². The van der Waals surface area contributed by atoms with E-state index in [1.807, 2.05) is 66.7 Å². The summed E-state index contributed by atoms with van der Waals surface area (Å²) in [6, 6.07) is 27.1. The van der Waals surface area contributed by atoms with E-state index in [9.17, 15) is 4.79 Å². The Morgan fingerprint density at radius 2 is 1.77 bits per heavy atom. The molecule has 0 fully saturated rings. The number of halogens is 1. The monoisotopic (exact) mass is 444 g/mol. The lowest BCUT2D eigenvalue weighted by Crippen LogP contribution is -2.13. The minimum absolute atomic E-state index is 0.0860. The van der Waals surface area contributed by atoms with Gasteiger partial charge in [-0.1, -0.05) is 48.0 Å². The first-order valence-electron chi connectivity index (χ1n) is 9.73. The Hall–Kier alpha value is -3.28. The number of aromatic nitrogens is 1. The van der Waals surface area contributed by atoms with Crippen LogP contribution in [0.15, 0.2) is 94.2 Å². The molecule has 0 atom stereocenters. The van der Waals surface area contributed by atoms with Crippen LogP contribution in [0.25, 0.3) is 33.3 Å². The van der Waals surface area contributed by atoms with Crippen LogP contribution in [-0.2, 0) is 4.79 Å². The molecule has 0 aliphatic heterocycles. The summed E-state index contributed by atoms with van der Waals surface area (Å²) < 4.78 is 6.00. The summed E-state index contributed by atoms with van der Waals surface area (Å²) in [7, 11) is 0. The molecule has 4 nitrogen and oxygen atoms in total. The highest BCUT2D eigenvalue weighted by Crippen LogP contribution is 2.31. The van der Waals surface area contributed by atoms with E-state index in [-0.39, 0.29) is 5.91 Å². The molecule has 0 spiro atoms. The minimum Gasteiger partial charge on any atom is -0.436 e. The molecule has 4 aromatic carbocycles. The van der Waals surface area contributed by atoms with Gasteiger partial charge in [-0.05, 0) is 59.3 Å². The third-order valence-electron chi connectivity index (χ3n) is 4.87. The van der Waals surface area contributed by atoms with Crippen molar-refractivity contribution in [2.45, 2.75) is 4.90 Å². The number of carbonyl (C=O) groups is 1. The molecule has 1 aromatic heterocycles. The van der Waals surface area contributed by atoms with Crippen LogP contribution in [0, 0.1) is 0 Å². The molecule has 0 aliphatic rings. The van der Waals surface area contributed by atoms with E-state index in [1.165, 1.54) is 11.8 Å². The first-order chi connectivity index (χ1) is 15.2. The van der Waals surface area contributed by atoms with E-state index < -0.39 is 0 Å². The highest BCUT2D eigenvalue weighted by molar-refractivity contribution is 8.00. The molecule has 1 N–H and O–H groups in total. The molecule has 31 heavy (non-hydrogen) atoms. The highest BCUT2D eigenvalue weighted by Gasteiger charge is 2.12. The number of anilines is 1. The number of oxazole rings is 1. The maximum Gasteiger partial charge on any atom is 0.234 e. The Balaban J connectivity index is 1.34. The molecular formula is C25H17ClN2O2S. The van der Waals surface area contributed by atoms with Crippen molar-refractivity contribution in [1.29, 1.82) is 0 Å². The van der Waals surface area contributed by atoms with Crippen LogP contribution < -0.4 is 5.32 Å². The van der Waals surface area contributed by atoms with E-state index >= 15 is 0 Å². The number of benzene rings is 4. The van der Waals surface area contributed by atoms with Gasteiger partial charge in [-0.25, -0.2) is 4.98 Å². The van der Waals surface area contributed by atoms with Gasteiger partial charge in [0.1, 0.15) is 5.52 Å². The van der Waals surface area contributed by atoms with Gasteiger partial charge in [0.15, 0.2) is 5.58 Å². The summed E-state index contributed by atoms with van der Waals surface area (Å²) in [4.78, 5) is 18.0. The molecule has 5 rings (SSSR count). The second-order valence-electron chi connectivity index (χ2n) is 7.02. The summed E-state index contributed by atoms with van der Waals surface area (Å²) in [6.07, 6.45) is 0. The molecule has 1 heterocycles. The third-order valence-corrected chi connectivity index (χ3v) is 6.14. The van der Waals surface area contributed by atoms with Gasteiger partial charge in [0.2, 0.25) is 11.8 Å². The third kappa shape index (κ3) is 4.29. The number of rotatable bonds is 5. The zero-order valence-corrected chi connectivity index (χ0v) is 17.9. The number of nitrogens with one attached hydrogen (secondary N) is 1. The zero-order valence-electron chi connectivity index (χ0n) is 16.3. The fourth-order valence-corrected chi connectivity index (χ4v) is 4.23. The molecule has 0 saturated heterocycles. The summed E-state index contributed by atoms with van der Waals surface area (Å²) in [5.41, 5.74) is 3.01. The lowest BCUT2D eigenvalue weighted by molar-refractivity contribution is -0.113. The van der Waals surface area contributed by atoms with Gasteiger partial charge in [-0.2, -0.15) is 0 Å². The van der Waals surface area contributed by atoms with Gasteiger partial charge >= 0.3 is 0 Å². The van der Waals surface area contributed by atoms with E-state index in [0.29, 0.717) is 33.5 Å². The maximum atomic E-state index is 12.4. The van der Waals surface area contributed by atoms with Crippen LogP contribution in [0.4, 0.5) is 5.69 Å². The Bertz CT molecular complexity index is 1390. The average molecular weight is 445 g/mol. The molecule has 152 valence electrons. The Morgan fingerprint density at radius 3 is 2.65 bits per heavy atom. The highest BCUT2D eigenvalue weighted by atomic mass is 35.5. The van der Waals surface area contributed by atoms with Crippen LogP contribution in [0.3, 0.4) is 0 Å². The summed E-state index contributed by atoms with van der Waals surface area (Å²) in [6.45, 7) is 0. The first kappa shape index (κ1) is 19.7. The number of nitrogens with zero attached hydrogens (tertiary/aromatic N) is 1. The van der Waals surface area contributed by atoms with Crippen LogP contribution in [0.5, 0.6) is 0 Å². The van der Waals surface area contributed by atoms with Crippen molar-refractivity contribution in [2.75, 3.05) is 11.1 Å². The summed E-state index contributed by atoms with van der Waals surface area (Å²) in [5.74, 6) is 0.783. The average Bonchev–Trinajstić information content (AvgIpc) is 3.21. The number of fused-ring (bicyclic) bond motifs is 2. The van der Waals surface area contributed by atoms with Crippen molar-refractivity contribution < 1.29 is 9.21 Å². The zero-order chi connectivity index (χ0) is 21.2. The second kappa shape index (κ2) is 8.46. The minimum atomic E-state index is -0.0860. The number of hydrogen-bond donors (Lipinski definition) is 1. The van der Waals surface area contributed by atoms with Crippen molar-refractivity contribution in [3.63, 3.8) is 0 Å². The lowest BCUT2D eigenvalue weighted by atomic mass is 10.0. The van der Waals surface area contributed by atoms with Crippen LogP contribution in [0.1, 0.15) is 0 Å². The van der Waals surface area contributed by atoms with Crippen molar-refractivity contribution in [3.05, 3.63) is 90.0 Å².